The third-order valence-electron chi connectivity index (χ3n) is 4.15. The Bertz CT molecular complexity index is 962. The van der Waals surface area contributed by atoms with Gasteiger partial charge in [0.05, 0.1) is 17.1 Å². The van der Waals surface area contributed by atoms with Gasteiger partial charge in [-0.3, -0.25) is 4.79 Å². The molecular formula is C20H23N3O3S2. The van der Waals surface area contributed by atoms with Gasteiger partial charge in [0.1, 0.15) is 12.4 Å². The lowest BCUT2D eigenvalue weighted by molar-refractivity contribution is -0.138. The third-order valence-corrected chi connectivity index (χ3v) is 6.39. The topological polar surface area (TPSA) is 84.1 Å². The number of aromatic nitrogens is 2. The molecule has 0 unspecified atom stereocenters. The Morgan fingerprint density at radius 1 is 1.50 bits per heavy atom. The van der Waals surface area contributed by atoms with E-state index in [2.05, 4.69) is 35.7 Å². The molecule has 1 aliphatic rings. The molecule has 0 saturated carbocycles. The minimum Gasteiger partial charge on any atom is -0.458 e. The van der Waals surface area contributed by atoms with Gasteiger partial charge in [-0.2, -0.15) is 0 Å². The highest BCUT2D eigenvalue weighted by Gasteiger charge is 2.36. The van der Waals surface area contributed by atoms with Crippen LogP contribution in [0.3, 0.4) is 0 Å². The molecule has 3 rings (SSSR count). The van der Waals surface area contributed by atoms with Crippen LogP contribution in [0.15, 0.2) is 51.4 Å². The van der Waals surface area contributed by atoms with Crippen LogP contribution in [0.25, 0.3) is 0 Å². The number of carbonyl (C=O) groups is 1. The molecular weight excluding hydrogens is 394 g/mol. The van der Waals surface area contributed by atoms with Crippen LogP contribution in [-0.2, 0) is 9.53 Å². The van der Waals surface area contributed by atoms with Crippen LogP contribution in [0.1, 0.15) is 37.1 Å². The van der Waals surface area contributed by atoms with Crippen molar-refractivity contribution >= 4 is 34.9 Å². The summed E-state index contributed by atoms with van der Waals surface area (Å²) in [5.74, 6) is 0.835. The summed E-state index contributed by atoms with van der Waals surface area (Å²) in [7, 11) is 0. The number of esters is 1. The van der Waals surface area contributed by atoms with Gasteiger partial charge in [0.15, 0.2) is 5.16 Å². The number of rotatable bonds is 7. The fraction of sp³-hybridized carbons (Fsp3) is 0.350. The number of fused-ring (bicyclic) bond motifs is 1. The SMILES string of the molecule is C=CCOC(=O)C1=C(C)Nc2nc(SCC(C)C)[nH]c(=O)c2[C@@H]1c1cccs1. The van der Waals surface area contributed by atoms with Crippen LogP contribution in [0.2, 0.25) is 0 Å². The van der Waals surface area contributed by atoms with Crippen molar-refractivity contribution in [3.8, 4) is 0 Å². The van der Waals surface area contributed by atoms with Gasteiger partial charge in [0.25, 0.3) is 5.56 Å². The van der Waals surface area contributed by atoms with Gasteiger partial charge in [-0.1, -0.05) is 44.3 Å². The van der Waals surface area contributed by atoms with Crippen molar-refractivity contribution in [3.63, 3.8) is 0 Å². The molecule has 3 heterocycles. The first-order valence-electron chi connectivity index (χ1n) is 8.98. The lowest BCUT2D eigenvalue weighted by Gasteiger charge is -2.27. The smallest absolute Gasteiger partial charge is 0.337 e. The van der Waals surface area contributed by atoms with E-state index in [0.29, 0.717) is 33.7 Å². The van der Waals surface area contributed by atoms with E-state index < -0.39 is 11.9 Å². The summed E-state index contributed by atoms with van der Waals surface area (Å²) in [4.78, 5) is 34.1. The summed E-state index contributed by atoms with van der Waals surface area (Å²) in [5, 5.41) is 5.64. The van der Waals surface area contributed by atoms with Crippen molar-refractivity contribution in [1.82, 2.24) is 9.97 Å². The molecule has 8 heteroatoms. The van der Waals surface area contributed by atoms with Crippen molar-refractivity contribution in [1.29, 1.82) is 0 Å². The molecule has 0 aliphatic carbocycles. The van der Waals surface area contributed by atoms with E-state index in [-0.39, 0.29) is 12.2 Å². The van der Waals surface area contributed by atoms with Gasteiger partial charge in [-0.05, 0) is 24.3 Å². The maximum absolute atomic E-state index is 13.0. The number of anilines is 1. The van der Waals surface area contributed by atoms with Crippen LogP contribution in [0.4, 0.5) is 5.82 Å². The van der Waals surface area contributed by atoms with Crippen molar-refractivity contribution in [3.05, 3.63) is 62.2 Å². The zero-order chi connectivity index (χ0) is 20.3. The highest BCUT2D eigenvalue weighted by atomic mass is 32.2. The Morgan fingerprint density at radius 2 is 2.29 bits per heavy atom. The largest absolute Gasteiger partial charge is 0.458 e. The van der Waals surface area contributed by atoms with Gasteiger partial charge >= 0.3 is 5.97 Å². The summed E-state index contributed by atoms with van der Waals surface area (Å²) >= 11 is 3.00. The summed E-state index contributed by atoms with van der Waals surface area (Å²) < 4.78 is 5.29. The average molecular weight is 418 g/mol. The lowest BCUT2D eigenvalue weighted by Crippen LogP contribution is -2.31. The van der Waals surface area contributed by atoms with Crippen LogP contribution in [0, 0.1) is 5.92 Å². The number of nitrogens with zero attached hydrogens (tertiary/aromatic N) is 1. The summed E-state index contributed by atoms with van der Waals surface area (Å²) in [6, 6.07) is 3.82. The second kappa shape index (κ2) is 8.79. The molecule has 0 bridgehead atoms. The summed E-state index contributed by atoms with van der Waals surface area (Å²) in [6.45, 7) is 9.72. The molecule has 0 fully saturated rings. The number of hydrogen-bond donors (Lipinski definition) is 2. The first kappa shape index (κ1) is 20.4. The number of H-pyrrole nitrogens is 1. The van der Waals surface area contributed by atoms with E-state index in [4.69, 9.17) is 4.74 Å². The van der Waals surface area contributed by atoms with Crippen LogP contribution >= 0.6 is 23.1 Å². The fourth-order valence-corrected chi connectivity index (χ4v) is 4.62. The highest BCUT2D eigenvalue weighted by molar-refractivity contribution is 7.99. The number of nitrogens with one attached hydrogen (secondary N) is 2. The van der Waals surface area contributed by atoms with Crippen molar-refractivity contribution in [2.45, 2.75) is 31.8 Å². The zero-order valence-electron chi connectivity index (χ0n) is 16.1. The summed E-state index contributed by atoms with van der Waals surface area (Å²) in [5.41, 5.74) is 1.25. The second-order valence-electron chi connectivity index (χ2n) is 6.84. The minimum atomic E-state index is -0.519. The van der Waals surface area contributed by atoms with E-state index in [9.17, 15) is 9.59 Å². The van der Waals surface area contributed by atoms with E-state index in [1.54, 1.807) is 6.92 Å². The van der Waals surface area contributed by atoms with E-state index in [0.717, 1.165) is 10.6 Å². The van der Waals surface area contributed by atoms with Crippen molar-refractivity contribution < 1.29 is 9.53 Å². The van der Waals surface area contributed by atoms with Crippen LogP contribution in [-0.4, -0.2) is 28.3 Å². The molecule has 2 N–H and O–H groups in total. The molecule has 0 spiro atoms. The quantitative estimate of drug-likeness (QED) is 0.305. The Hall–Kier alpha value is -2.32. The first-order chi connectivity index (χ1) is 13.4. The molecule has 28 heavy (non-hydrogen) atoms. The monoisotopic (exact) mass is 417 g/mol. The molecule has 1 atom stereocenters. The average Bonchev–Trinajstić information content (AvgIpc) is 3.17. The minimum absolute atomic E-state index is 0.110. The number of thioether (sulfide) groups is 1. The lowest BCUT2D eigenvalue weighted by atomic mass is 9.86. The Labute approximate surface area is 172 Å². The number of thiophene rings is 1. The molecule has 1 aliphatic heterocycles. The van der Waals surface area contributed by atoms with Gasteiger partial charge < -0.3 is 15.0 Å². The number of carbonyl (C=O) groups excluding carboxylic acids is 1. The molecule has 2 aromatic heterocycles. The highest BCUT2D eigenvalue weighted by Crippen LogP contribution is 2.41. The second-order valence-corrected chi connectivity index (χ2v) is 8.83. The van der Waals surface area contributed by atoms with Crippen LogP contribution < -0.4 is 10.9 Å². The molecule has 0 aromatic carbocycles. The van der Waals surface area contributed by atoms with Gasteiger partial charge in [0.2, 0.25) is 0 Å². The Morgan fingerprint density at radius 3 is 2.93 bits per heavy atom. The predicted octanol–water partition coefficient (Wildman–Crippen LogP) is 4.14. The predicted molar refractivity (Wildman–Crippen MR) is 114 cm³/mol. The Balaban J connectivity index is 2.09. The van der Waals surface area contributed by atoms with Gasteiger partial charge in [0, 0.05) is 16.3 Å². The van der Waals surface area contributed by atoms with Crippen molar-refractivity contribution in [2.75, 3.05) is 17.7 Å². The molecule has 0 amide bonds. The molecule has 0 saturated heterocycles. The standard InChI is InChI=1S/C20H23N3O3S2/c1-5-8-26-19(25)14-12(4)21-17-16(15(14)13-7-6-9-27-13)18(24)23-20(22-17)28-10-11(2)3/h5-7,9,11,15H,1,8,10H2,2-4H3,(H2,21,22,23,24)/t15-/m1/s1. The van der Waals surface area contributed by atoms with Crippen LogP contribution in [0.5, 0.6) is 0 Å². The maximum Gasteiger partial charge on any atom is 0.337 e. The van der Waals surface area contributed by atoms with Gasteiger partial charge in [-0.25, -0.2) is 9.78 Å². The summed E-state index contributed by atoms with van der Waals surface area (Å²) in [6.07, 6.45) is 1.52. The number of hydrogen-bond acceptors (Lipinski definition) is 7. The molecule has 6 nitrogen and oxygen atoms in total. The number of aromatic amines is 1. The zero-order valence-corrected chi connectivity index (χ0v) is 17.7. The first-order valence-corrected chi connectivity index (χ1v) is 10.8. The Kier molecular flexibility index (Phi) is 6.41. The number of allylic oxidation sites excluding steroid dienone is 1. The van der Waals surface area contributed by atoms with Crippen molar-refractivity contribution in [2.24, 2.45) is 5.92 Å². The van der Waals surface area contributed by atoms with Gasteiger partial charge in [-0.15, -0.1) is 11.3 Å². The molecule has 0 radical (unpaired) electrons. The molecule has 2 aromatic rings. The maximum atomic E-state index is 13.0. The fourth-order valence-electron chi connectivity index (χ4n) is 2.97. The van der Waals surface area contributed by atoms with E-state index in [1.807, 2.05) is 17.5 Å². The normalized spacial score (nSPS) is 15.9. The third kappa shape index (κ3) is 4.23. The number of ether oxygens (including phenoxy) is 1. The molecule has 148 valence electrons. The van der Waals surface area contributed by atoms with E-state index >= 15 is 0 Å². The van der Waals surface area contributed by atoms with E-state index in [1.165, 1.54) is 29.2 Å².